The molecule has 0 aliphatic carbocycles. The van der Waals surface area contributed by atoms with Crippen LogP contribution in [0.3, 0.4) is 0 Å². The van der Waals surface area contributed by atoms with Gasteiger partial charge in [0.15, 0.2) is 0 Å². The first kappa shape index (κ1) is 19.4. The molecule has 0 fully saturated rings. The number of ether oxygens (including phenoxy) is 2. The molecule has 1 N–H and O–H groups in total. The molecule has 2 aromatic carbocycles. The van der Waals surface area contributed by atoms with Crippen molar-refractivity contribution in [3.05, 3.63) is 64.2 Å². The predicted molar refractivity (Wildman–Crippen MR) is 105 cm³/mol. The number of aromatic nitrogens is 3. The molecule has 0 aliphatic heterocycles. The van der Waals surface area contributed by atoms with E-state index >= 15 is 0 Å². The maximum absolute atomic E-state index is 12.2. The largest absolute Gasteiger partial charge is 0.497 e. The Balaban J connectivity index is 1.73. The standard InChI is InChI=1S/C19H17ClN4O4/c1-27-14-5-3-4-12(8-14)16-10-21-24(19(26)23-16)11-18(25)22-13-6-7-17(28-2)15(20)9-13/h3-10H,11H2,1-2H3,(H,22,25). The Kier molecular flexibility index (Phi) is 5.90. The minimum absolute atomic E-state index is 0.284. The summed E-state index contributed by atoms with van der Waals surface area (Å²) in [6.07, 6.45) is 1.42. The van der Waals surface area contributed by atoms with Crippen LogP contribution < -0.4 is 20.5 Å². The summed E-state index contributed by atoms with van der Waals surface area (Å²) in [6.45, 7) is -0.284. The molecule has 3 rings (SSSR count). The summed E-state index contributed by atoms with van der Waals surface area (Å²) in [5, 5.41) is 7.04. The number of nitrogens with one attached hydrogen (secondary N) is 1. The first-order valence-corrected chi connectivity index (χ1v) is 8.60. The molecule has 0 spiro atoms. The fourth-order valence-electron chi connectivity index (χ4n) is 2.47. The molecule has 9 heteroatoms. The maximum atomic E-state index is 12.2. The van der Waals surface area contributed by atoms with E-state index in [1.807, 2.05) is 0 Å². The lowest BCUT2D eigenvalue weighted by molar-refractivity contribution is -0.117. The average Bonchev–Trinajstić information content (AvgIpc) is 2.69. The quantitative estimate of drug-likeness (QED) is 0.683. The van der Waals surface area contributed by atoms with E-state index in [-0.39, 0.29) is 6.54 Å². The number of hydrogen-bond donors (Lipinski definition) is 1. The van der Waals surface area contributed by atoms with Crippen molar-refractivity contribution in [1.29, 1.82) is 0 Å². The lowest BCUT2D eigenvalue weighted by atomic mass is 10.1. The first-order chi connectivity index (χ1) is 13.5. The fourth-order valence-corrected chi connectivity index (χ4v) is 2.73. The van der Waals surface area contributed by atoms with Gasteiger partial charge in [0.2, 0.25) is 5.91 Å². The molecule has 0 aliphatic rings. The molecule has 144 valence electrons. The molecule has 0 unspecified atom stereocenters. The van der Waals surface area contributed by atoms with Gasteiger partial charge < -0.3 is 14.8 Å². The summed E-state index contributed by atoms with van der Waals surface area (Å²) >= 11 is 6.03. The highest BCUT2D eigenvalue weighted by molar-refractivity contribution is 6.32. The zero-order valence-electron chi connectivity index (χ0n) is 15.2. The van der Waals surface area contributed by atoms with Crippen molar-refractivity contribution >= 4 is 23.2 Å². The van der Waals surface area contributed by atoms with Crippen LogP contribution in [0.4, 0.5) is 5.69 Å². The highest BCUT2D eigenvalue weighted by Gasteiger charge is 2.10. The van der Waals surface area contributed by atoms with Crippen molar-refractivity contribution in [2.45, 2.75) is 6.54 Å². The second-order valence-electron chi connectivity index (χ2n) is 5.71. The van der Waals surface area contributed by atoms with Crippen molar-refractivity contribution in [1.82, 2.24) is 14.8 Å². The van der Waals surface area contributed by atoms with E-state index < -0.39 is 11.6 Å². The molecule has 1 amide bonds. The Labute approximate surface area is 165 Å². The molecule has 28 heavy (non-hydrogen) atoms. The second kappa shape index (κ2) is 8.53. The van der Waals surface area contributed by atoms with E-state index in [0.717, 1.165) is 4.68 Å². The van der Waals surface area contributed by atoms with E-state index in [2.05, 4.69) is 15.4 Å². The smallest absolute Gasteiger partial charge is 0.365 e. The molecule has 0 atom stereocenters. The third kappa shape index (κ3) is 4.47. The minimum Gasteiger partial charge on any atom is -0.497 e. The Bertz CT molecular complexity index is 1070. The van der Waals surface area contributed by atoms with Gasteiger partial charge in [0.25, 0.3) is 0 Å². The van der Waals surface area contributed by atoms with Gasteiger partial charge in [-0.2, -0.15) is 10.1 Å². The van der Waals surface area contributed by atoms with Crippen LogP contribution in [0, 0.1) is 0 Å². The third-order valence-electron chi connectivity index (χ3n) is 3.85. The van der Waals surface area contributed by atoms with Crippen molar-refractivity contribution in [3.8, 4) is 22.8 Å². The van der Waals surface area contributed by atoms with Crippen molar-refractivity contribution in [2.24, 2.45) is 0 Å². The van der Waals surface area contributed by atoms with E-state index in [0.29, 0.717) is 33.5 Å². The van der Waals surface area contributed by atoms with Gasteiger partial charge >= 0.3 is 5.69 Å². The zero-order chi connectivity index (χ0) is 20.1. The normalized spacial score (nSPS) is 10.4. The summed E-state index contributed by atoms with van der Waals surface area (Å²) in [5.74, 6) is 0.697. The topological polar surface area (TPSA) is 95.3 Å². The maximum Gasteiger partial charge on any atom is 0.365 e. The van der Waals surface area contributed by atoms with Gasteiger partial charge in [-0.3, -0.25) is 4.79 Å². The van der Waals surface area contributed by atoms with Gasteiger partial charge in [0.1, 0.15) is 18.0 Å². The lowest BCUT2D eigenvalue weighted by Crippen LogP contribution is -2.31. The van der Waals surface area contributed by atoms with Crippen molar-refractivity contribution in [3.63, 3.8) is 0 Å². The molecule has 0 radical (unpaired) electrons. The molecule has 0 saturated carbocycles. The third-order valence-corrected chi connectivity index (χ3v) is 4.15. The number of benzene rings is 2. The number of carbonyl (C=O) groups excluding carboxylic acids is 1. The van der Waals surface area contributed by atoms with Crippen LogP contribution in [0.15, 0.2) is 53.5 Å². The summed E-state index contributed by atoms with van der Waals surface area (Å²) in [5.41, 5.74) is 0.920. The Hall–Kier alpha value is -3.39. The average molecular weight is 401 g/mol. The molecule has 1 aromatic heterocycles. The van der Waals surface area contributed by atoms with E-state index in [9.17, 15) is 9.59 Å². The molecular weight excluding hydrogens is 384 g/mol. The summed E-state index contributed by atoms with van der Waals surface area (Å²) in [6, 6.07) is 11.9. The molecule has 1 heterocycles. The molecule has 3 aromatic rings. The monoisotopic (exact) mass is 400 g/mol. The number of methoxy groups -OCH3 is 2. The SMILES string of the molecule is COc1cccc(-c2cnn(CC(=O)Nc3ccc(OC)c(Cl)c3)c(=O)n2)c1. The van der Waals surface area contributed by atoms with Gasteiger partial charge in [-0.15, -0.1) is 0 Å². The number of halogens is 1. The number of hydrogen-bond acceptors (Lipinski definition) is 6. The highest BCUT2D eigenvalue weighted by atomic mass is 35.5. The second-order valence-corrected chi connectivity index (χ2v) is 6.12. The molecular formula is C19H17ClN4O4. The van der Waals surface area contributed by atoms with Crippen LogP contribution >= 0.6 is 11.6 Å². The highest BCUT2D eigenvalue weighted by Crippen LogP contribution is 2.27. The number of nitrogens with zero attached hydrogens (tertiary/aromatic N) is 3. The van der Waals surface area contributed by atoms with Crippen molar-refractivity contribution < 1.29 is 14.3 Å². The van der Waals surface area contributed by atoms with Crippen LogP contribution in [-0.2, 0) is 11.3 Å². The van der Waals surface area contributed by atoms with Gasteiger partial charge in [0, 0.05) is 11.3 Å². The van der Waals surface area contributed by atoms with E-state index in [1.54, 1.807) is 49.6 Å². The van der Waals surface area contributed by atoms with Crippen LogP contribution in [0.5, 0.6) is 11.5 Å². The lowest BCUT2D eigenvalue weighted by Gasteiger charge is -2.09. The molecule has 0 saturated heterocycles. The van der Waals surface area contributed by atoms with E-state index in [4.69, 9.17) is 21.1 Å². The van der Waals surface area contributed by atoms with Gasteiger partial charge in [0.05, 0.1) is 31.1 Å². The fraction of sp³-hybridized carbons (Fsp3) is 0.158. The number of amides is 1. The molecule has 8 nitrogen and oxygen atoms in total. The van der Waals surface area contributed by atoms with Crippen LogP contribution in [0.25, 0.3) is 11.3 Å². The van der Waals surface area contributed by atoms with E-state index in [1.165, 1.54) is 13.3 Å². The summed E-state index contributed by atoms with van der Waals surface area (Å²) in [7, 11) is 3.05. The van der Waals surface area contributed by atoms with Crippen LogP contribution in [-0.4, -0.2) is 34.9 Å². The Morgan fingerprint density at radius 1 is 1.18 bits per heavy atom. The minimum atomic E-state index is -0.636. The van der Waals surface area contributed by atoms with Gasteiger partial charge in [-0.25, -0.2) is 9.48 Å². The summed E-state index contributed by atoms with van der Waals surface area (Å²) < 4.78 is 11.2. The Morgan fingerprint density at radius 2 is 2.00 bits per heavy atom. The van der Waals surface area contributed by atoms with Gasteiger partial charge in [-0.1, -0.05) is 23.7 Å². The number of anilines is 1. The Morgan fingerprint density at radius 3 is 2.68 bits per heavy atom. The van der Waals surface area contributed by atoms with Crippen molar-refractivity contribution in [2.75, 3.05) is 19.5 Å². The first-order valence-electron chi connectivity index (χ1n) is 8.22. The number of rotatable bonds is 6. The van der Waals surface area contributed by atoms with Crippen LogP contribution in [0.2, 0.25) is 5.02 Å². The summed E-state index contributed by atoms with van der Waals surface area (Å²) in [4.78, 5) is 28.4. The van der Waals surface area contributed by atoms with Gasteiger partial charge in [-0.05, 0) is 30.3 Å². The molecule has 0 bridgehead atoms. The van der Waals surface area contributed by atoms with Crippen LogP contribution in [0.1, 0.15) is 0 Å². The zero-order valence-corrected chi connectivity index (χ0v) is 15.9. The number of carbonyl (C=O) groups is 1. The predicted octanol–water partition coefficient (Wildman–Crippen LogP) is 2.61.